The van der Waals surface area contributed by atoms with E-state index in [-0.39, 0.29) is 12.6 Å². The topological polar surface area (TPSA) is 58.6 Å². The largest absolute Gasteiger partial charge is 0.469 e. The number of ether oxygens (including phenoxy) is 1. The highest BCUT2D eigenvalue weighted by molar-refractivity contribution is 5.75. The van der Waals surface area contributed by atoms with Crippen LogP contribution in [-0.2, 0) is 9.53 Å². The molecule has 4 nitrogen and oxygen atoms in total. The molecular weight excluding hydrogens is 206 g/mol. The summed E-state index contributed by atoms with van der Waals surface area (Å²) in [6.07, 6.45) is 2.02. The second-order valence-corrected chi connectivity index (χ2v) is 4.98. The molecule has 0 bridgehead atoms. The van der Waals surface area contributed by atoms with Crippen LogP contribution < -0.4 is 5.32 Å². The maximum absolute atomic E-state index is 11.4. The number of hydrogen-bond acceptors (Lipinski definition) is 4. The maximum Gasteiger partial charge on any atom is 0.312 e. The van der Waals surface area contributed by atoms with Crippen molar-refractivity contribution in [3.05, 3.63) is 0 Å². The number of hydrogen-bond donors (Lipinski definition) is 2. The van der Waals surface area contributed by atoms with E-state index in [4.69, 9.17) is 9.84 Å². The van der Waals surface area contributed by atoms with Gasteiger partial charge in [-0.3, -0.25) is 4.79 Å². The van der Waals surface area contributed by atoms with Gasteiger partial charge >= 0.3 is 5.97 Å². The number of esters is 1. The highest BCUT2D eigenvalue weighted by Crippen LogP contribution is 2.15. The van der Waals surface area contributed by atoms with Crippen LogP contribution in [0.2, 0.25) is 0 Å². The third-order valence-electron chi connectivity index (χ3n) is 2.67. The molecule has 0 aliphatic rings. The fourth-order valence-electron chi connectivity index (χ4n) is 1.42. The summed E-state index contributed by atoms with van der Waals surface area (Å²) in [5, 5.41) is 12.1. The molecule has 0 spiro atoms. The Labute approximate surface area is 98.4 Å². The molecule has 0 aliphatic heterocycles. The maximum atomic E-state index is 11.4. The van der Waals surface area contributed by atoms with Crippen molar-refractivity contribution in [2.75, 3.05) is 26.8 Å². The summed E-state index contributed by atoms with van der Waals surface area (Å²) < 4.78 is 4.72. The molecule has 0 radical (unpaired) electrons. The fourth-order valence-corrected chi connectivity index (χ4v) is 1.42. The number of carbonyl (C=O) groups is 1. The lowest BCUT2D eigenvalue weighted by atomic mass is 9.93. The normalized spacial score (nSPS) is 13.6. The number of carbonyl (C=O) groups excluding carboxylic acids is 1. The smallest absolute Gasteiger partial charge is 0.312 e. The van der Waals surface area contributed by atoms with Crippen molar-refractivity contribution in [3.8, 4) is 0 Å². The Bertz CT molecular complexity index is 204. The monoisotopic (exact) mass is 231 g/mol. The molecule has 16 heavy (non-hydrogen) atoms. The summed E-state index contributed by atoms with van der Waals surface area (Å²) in [4.78, 5) is 11.4. The van der Waals surface area contributed by atoms with Crippen molar-refractivity contribution in [2.24, 2.45) is 11.3 Å². The lowest BCUT2D eigenvalue weighted by Crippen LogP contribution is -2.37. The van der Waals surface area contributed by atoms with Crippen LogP contribution in [0.5, 0.6) is 0 Å². The van der Waals surface area contributed by atoms with E-state index in [0.717, 1.165) is 19.4 Å². The van der Waals surface area contributed by atoms with Crippen molar-refractivity contribution in [2.45, 2.75) is 33.6 Å². The lowest BCUT2D eigenvalue weighted by Gasteiger charge is -2.21. The van der Waals surface area contributed by atoms with Gasteiger partial charge in [-0.2, -0.15) is 0 Å². The number of rotatable bonds is 8. The summed E-state index contributed by atoms with van der Waals surface area (Å²) in [5.74, 6) is 0.166. The van der Waals surface area contributed by atoms with Gasteiger partial charge in [-0.25, -0.2) is 0 Å². The molecule has 96 valence electrons. The van der Waals surface area contributed by atoms with Gasteiger partial charge in [0.05, 0.1) is 12.5 Å². The fraction of sp³-hybridized carbons (Fsp3) is 0.917. The standard InChI is InChI=1S/C12H25NO3/c1-10(8-14)6-5-7-13-9-12(2,3)11(15)16-4/h10,13-14H,5-9H2,1-4H3. The predicted octanol–water partition coefficient (Wildman–Crippen LogP) is 1.18. The minimum atomic E-state index is -0.475. The Morgan fingerprint density at radius 2 is 2.12 bits per heavy atom. The molecule has 0 aromatic rings. The molecule has 0 amide bonds. The zero-order valence-corrected chi connectivity index (χ0v) is 10.9. The average molecular weight is 231 g/mol. The molecule has 0 aromatic heterocycles. The van der Waals surface area contributed by atoms with Gasteiger partial charge in [0.1, 0.15) is 0 Å². The number of aliphatic hydroxyl groups excluding tert-OH is 1. The van der Waals surface area contributed by atoms with Gasteiger partial charge in [0.2, 0.25) is 0 Å². The minimum absolute atomic E-state index is 0.191. The van der Waals surface area contributed by atoms with E-state index < -0.39 is 5.41 Å². The van der Waals surface area contributed by atoms with E-state index in [1.165, 1.54) is 7.11 Å². The third kappa shape index (κ3) is 6.08. The van der Waals surface area contributed by atoms with Crippen molar-refractivity contribution < 1.29 is 14.6 Å². The highest BCUT2D eigenvalue weighted by Gasteiger charge is 2.27. The van der Waals surface area contributed by atoms with E-state index in [2.05, 4.69) is 5.32 Å². The lowest BCUT2D eigenvalue weighted by molar-refractivity contribution is -0.150. The Hall–Kier alpha value is -0.610. The van der Waals surface area contributed by atoms with Crippen LogP contribution in [-0.4, -0.2) is 37.9 Å². The molecular formula is C12H25NO3. The first-order valence-corrected chi connectivity index (χ1v) is 5.84. The molecule has 1 atom stereocenters. The third-order valence-corrected chi connectivity index (χ3v) is 2.67. The van der Waals surface area contributed by atoms with Gasteiger partial charge in [-0.05, 0) is 39.2 Å². The zero-order chi connectivity index (χ0) is 12.6. The van der Waals surface area contributed by atoms with Crippen LogP contribution in [0.15, 0.2) is 0 Å². The highest BCUT2D eigenvalue weighted by atomic mass is 16.5. The van der Waals surface area contributed by atoms with Crippen LogP contribution in [0.4, 0.5) is 0 Å². The number of nitrogens with one attached hydrogen (secondary N) is 1. The molecule has 0 rings (SSSR count). The van der Waals surface area contributed by atoms with Crippen LogP contribution in [0.3, 0.4) is 0 Å². The molecule has 0 saturated heterocycles. The first-order valence-electron chi connectivity index (χ1n) is 5.84. The van der Waals surface area contributed by atoms with Gasteiger partial charge in [0.15, 0.2) is 0 Å². The first kappa shape index (κ1) is 15.4. The Balaban J connectivity index is 3.62. The van der Waals surface area contributed by atoms with E-state index in [9.17, 15) is 4.79 Å². The van der Waals surface area contributed by atoms with Gasteiger partial charge in [-0.15, -0.1) is 0 Å². The molecule has 0 saturated carbocycles. The Kier molecular flexibility index (Phi) is 7.34. The van der Waals surface area contributed by atoms with E-state index in [1.54, 1.807) is 0 Å². The van der Waals surface area contributed by atoms with Gasteiger partial charge in [0, 0.05) is 13.2 Å². The molecule has 0 aliphatic carbocycles. The first-order chi connectivity index (χ1) is 7.44. The number of methoxy groups -OCH3 is 1. The van der Waals surface area contributed by atoms with Crippen molar-refractivity contribution in [3.63, 3.8) is 0 Å². The van der Waals surface area contributed by atoms with Crippen molar-refractivity contribution in [1.29, 1.82) is 0 Å². The molecule has 1 unspecified atom stereocenters. The molecule has 2 N–H and O–H groups in total. The Morgan fingerprint density at radius 1 is 1.50 bits per heavy atom. The summed E-state index contributed by atoms with van der Waals surface area (Å²) in [7, 11) is 1.41. The SMILES string of the molecule is COC(=O)C(C)(C)CNCCCC(C)CO. The van der Waals surface area contributed by atoms with Crippen LogP contribution >= 0.6 is 0 Å². The van der Waals surface area contributed by atoms with Crippen molar-refractivity contribution in [1.82, 2.24) is 5.32 Å². The zero-order valence-electron chi connectivity index (χ0n) is 10.9. The summed E-state index contributed by atoms with van der Waals surface area (Å²) in [6, 6.07) is 0. The molecule has 0 aromatic carbocycles. The van der Waals surface area contributed by atoms with Crippen LogP contribution in [0.1, 0.15) is 33.6 Å². The summed E-state index contributed by atoms with van der Waals surface area (Å²) in [5.41, 5.74) is -0.475. The second-order valence-electron chi connectivity index (χ2n) is 4.98. The summed E-state index contributed by atoms with van der Waals surface area (Å²) >= 11 is 0. The second kappa shape index (κ2) is 7.63. The Morgan fingerprint density at radius 3 is 2.62 bits per heavy atom. The molecule has 0 heterocycles. The van der Waals surface area contributed by atoms with Crippen molar-refractivity contribution >= 4 is 5.97 Å². The van der Waals surface area contributed by atoms with E-state index in [0.29, 0.717) is 12.5 Å². The van der Waals surface area contributed by atoms with E-state index in [1.807, 2.05) is 20.8 Å². The van der Waals surface area contributed by atoms with Gasteiger partial charge in [-0.1, -0.05) is 6.92 Å². The van der Waals surface area contributed by atoms with Gasteiger partial charge in [0.25, 0.3) is 0 Å². The quantitative estimate of drug-likeness (QED) is 0.486. The predicted molar refractivity (Wildman–Crippen MR) is 64.2 cm³/mol. The summed E-state index contributed by atoms with van der Waals surface area (Å²) in [6.45, 7) is 7.48. The van der Waals surface area contributed by atoms with Crippen LogP contribution in [0.25, 0.3) is 0 Å². The van der Waals surface area contributed by atoms with E-state index >= 15 is 0 Å². The minimum Gasteiger partial charge on any atom is -0.469 e. The average Bonchev–Trinajstić information content (AvgIpc) is 2.26. The van der Waals surface area contributed by atoms with Crippen LogP contribution in [0, 0.1) is 11.3 Å². The molecule has 4 heteroatoms. The molecule has 0 fully saturated rings. The van der Waals surface area contributed by atoms with Gasteiger partial charge < -0.3 is 15.2 Å². The number of aliphatic hydroxyl groups is 1.